The van der Waals surface area contributed by atoms with Gasteiger partial charge in [-0.3, -0.25) is 4.79 Å². The predicted molar refractivity (Wildman–Crippen MR) is 156 cm³/mol. The predicted octanol–water partition coefficient (Wildman–Crippen LogP) is 5.32. The van der Waals surface area contributed by atoms with Crippen LogP contribution in [0.25, 0.3) is 11.1 Å². The maximum Gasteiger partial charge on any atom is 0.429 e. The Morgan fingerprint density at radius 2 is 1.70 bits per heavy atom. The number of carbonyl (C=O) groups is 1. The molecule has 0 unspecified atom stereocenters. The van der Waals surface area contributed by atoms with Gasteiger partial charge in [-0.1, -0.05) is 36.4 Å². The van der Waals surface area contributed by atoms with Crippen molar-refractivity contribution in [2.45, 2.75) is 51.4 Å². The third-order valence-electron chi connectivity index (χ3n) is 8.03. The van der Waals surface area contributed by atoms with E-state index in [9.17, 15) is 18.0 Å². The molecule has 9 nitrogen and oxygen atoms in total. The Hall–Kier alpha value is -4.06. The maximum atomic E-state index is 14.2. The van der Waals surface area contributed by atoms with Crippen molar-refractivity contribution >= 4 is 17.7 Å². The highest BCUT2D eigenvalue weighted by molar-refractivity contribution is 5.76. The molecular formula is C31H36F3N5O4. The van der Waals surface area contributed by atoms with E-state index in [1.165, 1.54) is 18.2 Å². The van der Waals surface area contributed by atoms with Gasteiger partial charge < -0.3 is 30.2 Å². The first-order chi connectivity index (χ1) is 20.6. The lowest BCUT2D eigenvalue weighted by Gasteiger charge is -2.39. The second-order valence-electron chi connectivity index (χ2n) is 10.9. The lowest BCUT2D eigenvalue weighted by atomic mass is 9.76. The quantitative estimate of drug-likeness (QED) is 0.316. The summed E-state index contributed by atoms with van der Waals surface area (Å²) in [6.45, 7) is 6.46. The number of piperidine rings is 1. The van der Waals surface area contributed by atoms with Crippen LogP contribution in [0.1, 0.15) is 44.8 Å². The molecule has 43 heavy (non-hydrogen) atoms. The molecule has 2 aliphatic rings. The van der Waals surface area contributed by atoms with Crippen LogP contribution in [0.5, 0.6) is 11.6 Å². The zero-order valence-electron chi connectivity index (χ0n) is 24.2. The molecule has 0 saturated carbocycles. The van der Waals surface area contributed by atoms with Gasteiger partial charge in [-0.2, -0.15) is 23.1 Å². The molecule has 0 bridgehead atoms. The number of hydrogen-bond donors (Lipinski definition) is 2. The minimum Gasteiger partial charge on any atom is -0.494 e. The molecule has 3 N–H and O–H groups in total. The van der Waals surface area contributed by atoms with Crippen molar-refractivity contribution in [3.8, 4) is 22.8 Å². The van der Waals surface area contributed by atoms with Crippen LogP contribution in [-0.4, -0.2) is 61.0 Å². The van der Waals surface area contributed by atoms with Crippen molar-refractivity contribution in [1.29, 1.82) is 0 Å². The van der Waals surface area contributed by atoms with E-state index in [-0.39, 0.29) is 34.8 Å². The fourth-order valence-electron chi connectivity index (χ4n) is 5.78. The highest BCUT2D eigenvalue weighted by atomic mass is 19.4. The first kappa shape index (κ1) is 30.4. The molecular weight excluding hydrogens is 563 g/mol. The standard InChI is InChI=1S/C31H36F3N5O4/c1-3-41-23-11-9-21(10-12-23)20-5-7-22(8-6-20)27(31(32,33)34)43-26-17-25(37-29(35)38-26)39-15-13-30(14-16-39)18-24(36-19-30)28(40)42-4-2/h5-12,17,24,27,36H,3-4,13-16,18-19H2,1-2H3,(H2,35,37,38)/t24-,27+/m0/s1. The van der Waals surface area contributed by atoms with E-state index in [4.69, 9.17) is 19.9 Å². The SMILES string of the molecule is CCOC(=O)[C@@H]1CC2(CCN(c3cc(O[C@H](c4ccc(-c5ccc(OCC)cc5)cc4)C(F)(F)F)nc(N)n3)CC2)CN1. The van der Waals surface area contributed by atoms with Gasteiger partial charge in [-0.05, 0) is 61.8 Å². The van der Waals surface area contributed by atoms with E-state index in [0.29, 0.717) is 45.1 Å². The first-order valence-electron chi connectivity index (χ1n) is 14.5. The third-order valence-corrected chi connectivity index (χ3v) is 8.03. The van der Waals surface area contributed by atoms with Crippen molar-refractivity contribution in [3.63, 3.8) is 0 Å². The summed E-state index contributed by atoms with van der Waals surface area (Å²) in [5, 5.41) is 3.27. The summed E-state index contributed by atoms with van der Waals surface area (Å²) in [5.41, 5.74) is 7.41. The Labute approximate surface area is 248 Å². The van der Waals surface area contributed by atoms with Crippen molar-refractivity contribution in [3.05, 3.63) is 60.2 Å². The lowest BCUT2D eigenvalue weighted by molar-refractivity contribution is -0.198. The molecule has 3 aromatic rings. The van der Waals surface area contributed by atoms with E-state index in [2.05, 4.69) is 15.3 Å². The highest BCUT2D eigenvalue weighted by Crippen LogP contribution is 2.42. The topological polar surface area (TPSA) is 112 Å². The van der Waals surface area contributed by atoms with Gasteiger partial charge in [0.25, 0.3) is 0 Å². The number of nitrogens with one attached hydrogen (secondary N) is 1. The molecule has 2 atom stereocenters. The van der Waals surface area contributed by atoms with Gasteiger partial charge in [-0.25, -0.2) is 0 Å². The number of anilines is 2. The molecule has 2 fully saturated rings. The number of carbonyl (C=O) groups excluding carboxylic acids is 1. The zero-order chi connectivity index (χ0) is 30.6. The Morgan fingerprint density at radius 1 is 1.05 bits per heavy atom. The summed E-state index contributed by atoms with van der Waals surface area (Å²) in [6, 6.07) is 14.5. The monoisotopic (exact) mass is 599 g/mol. The number of ether oxygens (including phenoxy) is 3. The van der Waals surface area contributed by atoms with Crippen LogP contribution in [-0.2, 0) is 9.53 Å². The van der Waals surface area contributed by atoms with Crippen LogP contribution in [0.3, 0.4) is 0 Å². The third kappa shape index (κ3) is 7.12. The first-order valence-corrected chi connectivity index (χ1v) is 14.5. The number of esters is 1. The second-order valence-corrected chi connectivity index (χ2v) is 10.9. The number of nitrogens with two attached hydrogens (primary N) is 1. The molecule has 2 aromatic carbocycles. The van der Waals surface area contributed by atoms with Gasteiger partial charge in [0.05, 0.1) is 13.2 Å². The van der Waals surface area contributed by atoms with Crippen LogP contribution >= 0.6 is 0 Å². The summed E-state index contributed by atoms with van der Waals surface area (Å²) < 4.78 is 58.8. The van der Waals surface area contributed by atoms with Gasteiger partial charge in [0.15, 0.2) is 0 Å². The number of halogens is 3. The Morgan fingerprint density at radius 3 is 2.30 bits per heavy atom. The number of nitrogens with zero attached hydrogens (tertiary/aromatic N) is 3. The van der Waals surface area contributed by atoms with Crippen LogP contribution < -0.4 is 25.4 Å². The molecule has 3 heterocycles. The average Bonchev–Trinajstić information content (AvgIpc) is 3.40. The summed E-state index contributed by atoms with van der Waals surface area (Å²) >= 11 is 0. The number of nitrogen functional groups attached to an aromatic ring is 1. The molecule has 12 heteroatoms. The van der Waals surface area contributed by atoms with Gasteiger partial charge in [-0.15, -0.1) is 0 Å². The number of hydrogen-bond acceptors (Lipinski definition) is 9. The minimum atomic E-state index is -4.71. The minimum absolute atomic E-state index is 0.0509. The van der Waals surface area contributed by atoms with Gasteiger partial charge >= 0.3 is 12.1 Å². The van der Waals surface area contributed by atoms with Gasteiger partial charge in [0, 0.05) is 31.3 Å². The maximum absolute atomic E-state index is 14.2. The van der Waals surface area contributed by atoms with E-state index in [0.717, 1.165) is 29.7 Å². The summed E-state index contributed by atoms with van der Waals surface area (Å²) in [6.07, 6.45) is -4.71. The normalized spacial score (nSPS) is 18.8. The fourth-order valence-corrected chi connectivity index (χ4v) is 5.78. The second kappa shape index (κ2) is 12.7. The van der Waals surface area contributed by atoms with Crippen molar-refractivity contribution in [2.75, 3.05) is 43.5 Å². The molecule has 2 aliphatic heterocycles. The van der Waals surface area contributed by atoms with E-state index in [1.54, 1.807) is 19.1 Å². The number of alkyl halides is 3. The lowest BCUT2D eigenvalue weighted by Crippen LogP contribution is -2.41. The fraction of sp³-hybridized carbons (Fsp3) is 0.452. The molecule has 5 rings (SSSR count). The molecule has 2 saturated heterocycles. The number of benzene rings is 2. The molecule has 0 aliphatic carbocycles. The number of aromatic nitrogens is 2. The summed E-state index contributed by atoms with van der Waals surface area (Å²) in [5.74, 6) is 0.448. The largest absolute Gasteiger partial charge is 0.494 e. The van der Waals surface area contributed by atoms with Crippen LogP contribution in [0, 0.1) is 5.41 Å². The molecule has 230 valence electrons. The van der Waals surface area contributed by atoms with Crippen molar-refractivity contribution in [2.24, 2.45) is 5.41 Å². The van der Waals surface area contributed by atoms with Gasteiger partial charge in [0.2, 0.25) is 17.9 Å². The molecule has 1 aromatic heterocycles. The van der Waals surface area contributed by atoms with Crippen LogP contribution in [0.4, 0.5) is 24.9 Å². The molecule has 0 amide bonds. The van der Waals surface area contributed by atoms with Crippen molar-refractivity contribution in [1.82, 2.24) is 15.3 Å². The highest BCUT2D eigenvalue weighted by Gasteiger charge is 2.45. The summed E-state index contributed by atoms with van der Waals surface area (Å²) in [7, 11) is 0. The van der Waals surface area contributed by atoms with Crippen LogP contribution in [0.15, 0.2) is 54.6 Å². The summed E-state index contributed by atoms with van der Waals surface area (Å²) in [4.78, 5) is 22.4. The van der Waals surface area contributed by atoms with Gasteiger partial charge in [0.1, 0.15) is 17.6 Å². The Balaban J connectivity index is 1.28. The van der Waals surface area contributed by atoms with Crippen LogP contribution in [0.2, 0.25) is 0 Å². The molecule has 1 spiro atoms. The smallest absolute Gasteiger partial charge is 0.429 e. The molecule has 0 radical (unpaired) electrons. The Kier molecular flexibility index (Phi) is 8.95. The van der Waals surface area contributed by atoms with Crippen molar-refractivity contribution < 1.29 is 32.2 Å². The number of rotatable bonds is 9. The van der Waals surface area contributed by atoms with E-state index >= 15 is 0 Å². The van der Waals surface area contributed by atoms with E-state index in [1.807, 2.05) is 36.1 Å². The zero-order valence-corrected chi connectivity index (χ0v) is 24.2. The average molecular weight is 600 g/mol. The van der Waals surface area contributed by atoms with E-state index < -0.39 is 12.3 Å². The Bertz CT molecular complexity index is 1390.